The fraction of sp³-hybridized carbons (Fsp3) is 0.333. The lowest BCUT2D eigenvalue weighted by Crippen LogP contribution is -2.35. The van der Waals surface area contributed by atoms with Crippen molar-refractivity contribution in [2.45, 2.75) is 26.2 Å². The molecule has 0 aromatic carbocycles. The number of pyridine rings is 2. The Bertz CT molecular complexity index is 986. The monoisotopic (exact) mass is 430 g/mol. The minimum atomic E-state index is 0.764. The summed E-state index contributed by atoms with van der Waals surface area (Å²) in [5.74, 6) is 2.09. The number of rotatable bonds is 11. The average Bonchev–Trinajstić information content (AvgIpc) is 3.41. The second-order valence-electron chi connectivity index (χ2n) is 7.97. The van der Waals surface area contributed by atoms with Gasteiger partial charge in [-0.25, -0.2) is 9.97 Å². The molecule has 4 rings (SSSR count). The van der Waals surface area contributed by atoms with Gasteiger partial charge in [-0.2, -0.15) is 0 Å². The number of nitrogens with zero attached hydrogens (tertiary/aromatic N) is 8. The molecule has 0 spiro atoms. The van der Waals surface area contributed by atoms with E-state index in [0.29, 0.717) is 0 Å². The summed E-state index contributed by atoms with van der Waals surface area (Å²) >= 11 is 0. The van der Waals surface area contributed by atoms with Gasteiger partial charge in [0, 0.05) is 77.5 Å². The van der Waals surface area contributed by atoms with E-state index < -0.39 is 0 Å². The Hall–Kier alpha value is -3.36. The standard InChI is InChI=1S/C24H30N8/c1-29-13-11-27-23(29)19-31(17-21-7-3-5-9-25-21)15-16-32(18-22-8-4-6-10-26-22)20-24-28-12-14-30(24)2/h3-14H,15-20H2,1-2H3. The summed E-state index contributed by atoms with van der Waals surface area (Å²) in [5, 5.41) is 0. The second kappa shape index (κ2) is 10.8. The van der Waals surface area contributed by atoms with Crippen LogP contribution in [0.3, 0.4) is 0 Å². The number of hydrogen-bond acceptors (Lipinski definition) is 6. The van der Waals surface area contributed by atoms with Crippen molar-refractivity contribution in [1.82, 2.24) is 38.9 Å². The predicted octanol–water partition coefficient (Wildman–Crippen LogP) is 2.65. The molecular formula is C24H30N8. The van der Waals surface area contributed by atoms with Gasteiger partial charge in [-0.3, -0.25) is 19.8 Å². The zero-order chi connectivity index (χ0) is 22.2. The molecule has 8 heteroatoms. The van der Waals surface area contributed by atoms with Crippen molar-refractivity contribution in [2.24, 2.45) is 14.1 Å². The van der Waals surface area contributed by atoms with Crippen LogP contribution < -0.4 is 0 Å². The van der Waals surface area contributed by atoms with Crippen molar-refractivity contribution < 1.29 is 0 Å². The summed E-state index contributed by atoms with van der Waals surface area (Å²) in [6.45, 7) is 4.82. The highest BCUT2D eigenvalue weighted by molar-refractivity contribution is 5.05. The van der Waals surface area contributed by atoms with Gasteiger partial charge in [0.2, 0.25) is 0 Å². The smallest absolute Gasteiger partial charge is 0.122 e. The van der Waals surface area contributed by atoms with Crippen LogP contribution in [0.5, 0.6) is 0 Å². The Morgan fingerprint density at radius 3 is 1.41 bits per heavy atom. The van der Waals surface area contributed by atoms with E-state index in [2.05, 4.69) is 51.0 Å². The summed E-state index contributed by atoms with van der Waals surface area (Å²) in [5.41, 5.74) is 2.11. The highest BCUT2D eigenvalue weighted by Crippen LogP contribution is 2.11. The summed E-state index contributed by atoms with van der Waals surface area (Å²) < 4.78 is 4.15. The normalized spacial score (nSPS) is 11.5. The van der Waals surface area contributed by atoms with Crippen LogP contribution in [-0.2, 0) is 40.3 Å². The number of hydrogen-bond donors (Lipinski definition) is 0. The minimum absolute atomic E-state index is 0.764. The molecular weight excluding hydrogens is 400 g/mol. The Labute approximate surface area is 189 Å². The summed E-state index contributed by atoms with van der Waals surface area (Å²) in [6.07, 6.45) is 11.4. The third-order valence-electron chi connectivity index (χ3n) is 5.53. The Kier molecular flexibility index (Phi) is 7.37. The lowest BCUT2D eigenvalue weighted by atomic mass is 10.3. The molecule has 0 atom stereocenters. The molecule has 0 saturated heterocycles. The fourth-order valence-electron chi connectivity index (χ4n) is 3.65. The van der Waals surface area contributed by atoms with Gasteiger partial charge in [-0.15, -0.1) is 0 Å². The van der Waals surface area contributed by atoms with E-state index in [9.17, 15) is 0 Å². The first-order valence-corrected chi connectivity index (χ1v) is 10.8. The Balaban J connectivity index is 1.48. The number of aryl methyl sites for hydroxylation is 2. The lowest BCUT2D eigenvalue weighted by molar-refractivity contribution is 0.173. The van der Waals surface area contributed by atoms with Gasteiger partial charge in [0.15, 0.2) is 0 Å². The van der Waals surface area contributed by atoms with Crippen LogP contribution in [0.15, 0.2) is 73.6 Å². The molecule has 0 aliphatic carbocycles. The summed E-state index contributed by atoms with van der Waals surface area (Å²) in [4.78, 5) is 22.9. The molecule has 32 heavy (non-hydrogen) atoms. The van der Waals surface area contributed by atoms with Crippen LogP contribution in [0.2, 0.25) is 0 Å². The molecule has 4 aromatic heterocycles. The maximum Gasteiger partial charge on any atom is 0.122 e. The first kappa shape index (κ1) is 21.9. The van der Waals surface area contributed by atoms with Gasteiger partial charge in [0.25, 0.3) is 0 Å². The van der Waals surface area contributed by atoms with E-state index >= 15 is 0 Å². The molecule has 4 aromatic rings. The van der Waals surface area contributed by atoms with E-state index in [1.54, 1.807) is 0 Å². The first-order chi connectivity index (χ1) is 15.7. The number of imidazole rings is 2. The van der Waals surface area contributed by atoms with Crippen LogP contribution in [0, 0.1) is 0 Å². The summed E-state index contributed by atoms with van der Waals surface area (Å²) in [7, 11) is 4.07. The average molecular weight is 431 g/mol. The maximum absolute atomic E-state index is 4.53. The van der Waals surface area contributed by atoms with Crippen LogP contribution in [0.25, 0.3) is 0 Å². The Morgan fingerprint density at radius 1 is 0.594 bits per heavy atom. The van der Waals surface area contributed by atoms with Gasteiger partial charge < -0.3 is 9.13 Å². The van der Waals surface area contributed by atoms with E-state index in [0.717, 1.165) is 62.3 Å². The van der Waals surface area contributed by atoms with E-state index in [1.165, 1.54) is 0 Å². The lowest BCUT2D eigenvalue weighted by Gasteiger charge is -2.27. The highest BCUT2D eigenvalue weighted by Gasteiger charge is 2.15. The third-order valence-corrected chi connectivity index (χ3v) is 5.53. The van der Waals surface area contributed by atoms with Crippen LogP contribution in [0.4, 0.5) is 0 Å². The zero-order valence-electron chi connectivity index (χ0n) is 18.7. The van der Waals surface area contributed by atoms with Crippen molar-refractivity contribution in [1.29, 1.82) is 0 Å². The Morgan fingerprint density at radius 2 is 1.06 bits per heavy atom. The van der Waals surface area contributed by atoms with Gasteiger partial charge in [-0.05, 0) is 24.3 Å². The van der Waals surface area contributed by atoms with E-state index in [-0.39, 0.29) is 0 Å². The third kappa shape index (κ3) is 6.09. The van der Waals surface area contributed by atoms with Gasteiger partial charge >= 0.3 is 0 Å². The molecule has 4 heterocycles. The molecule has 0 amide bonds. The van der Waals surface area contributed by atoms with Crippen molar-refractivity contribution in [3.63, 3.8) is 0 Å². The van der Waals surface area contributed by atoms with Crippen molar-refractivity contribution in [3.8, 4) is 0 Å². The summed E-state index contributed by atoms with van der Waals surface area (Å²) in [6, 6.07) is 12.1. The van der Waals surface area contributed by atoms with E-state index in [4.69, 9.17) is 0 Å². The SMILES string of the molecule is Cn1ccnc1CN(CCN(Cc1ccccn1)Cc1nccn1C)Cc1ccccn1. The van der Waals surface area contributed by atoms with Gasteiger partial charge in [0.1, 0.15) is 11.6 Å². The van der Waals surface area contributed by atoms with Crippen LogP contribution >= 0.6 is 0 Å². The molecule has 0 unspecified atom stereocenters. The van der Waals surface area contributed by atoms with E-state index in [1.807, 2.05) is 75.5 Å². The van der Waals surface area contributed by atoms with Gasteiger partial charge in [-0.1, -0.05) is 12.1 Å². The molecule has 0 aliphatic rings. The molecule has 0 radical (unpaired) electrons. The number of aromatic nitrogens is 6. The molecule has 0 saturated carbocycles. The maximum atomic E-state index is 4.53. The van der Waals surface area contributed by atoms with Gasteiger partial charge in [0.05, 0.1) is 24.5 Å². The highest BCUT2D eigenvalue weighted by atomic mass is 15.2. The molecule has 0 fully saturated rings. The predicted molar refractivity (Wildman–Crippen MR) is 123 cm³/mol. The quantitative estimate of drug-likeness (QED) is 0.364. The van der Waals surface area contributed by atoms with Crippen molar-refractivity contribution >= 4 is 0 Å². The zero-order valence-corrected chi connectivity index (χ0v) is 18.7. The van der Waals surface area contributed by atoms with Crippen LogP contribution in [-0.4, -0.2) is 52.0 Å². The topological polar surface area (TPSA) is 67.9 Å². The molecule has 0 aliphatic heterocycles. The molecule has 166 valence electrons. The van der Waals surface area contributed by atoms with Crippen molar-refractivity contribution in [3.05, 3.63) is 96.6 Å². The molecule has 0 N–H and O–H groups in total. The fourth-order valence-corrected chi connectivity index (χ4v) is 3.65. The van der Waals surface area contributed by atoms with Crippen LogP contribution in [0.1, 0.15) is 23.0 Å². The second-order valence-corrected chi connectivity index (χ2v) is 7.97. The van der Waals surface area contributed by atoms with Crippen molar-refractivity contribution in [2.75, 3.05) is 13.1 Å². The minimum Gasteiger partial charge on any atom is -0.337 e. The largest absolute Gasteiger partial charge is 0.337 e. The first-order valence-electron chi connectivity index (χ1n) is 10.8. The molecule has 8 nitrogen and oxygen atoms in total. The molecule has 0 bridgehead atoms.